The van der Waals surface area contributed by atoms with E-state index >= 15 is 0 Å². The molecule has 0 aliphatic heterocycles. The van der Waals surface area contributed by atoms with E-state index in [1.165, 1.54) is 20.3 Å². The first-order chi connectivity index (χ1) is 6.19. The molecule has 0 aliphatic carbocycles. The van der Waals surface area contributed by atoms with Crippen LogP contribution in [0.5, 0.6) is 0 Å². The molecule has 0 saturated heterocycles. The monoisotopic (exact) mass is 182 g/mol. The van der Waals surface area contributed by atoms with Gasteiger partial charge < -0.3 is 9.31 Å². The van der Waals surface area contributed by atoms with Crippen LogP contribution in [0.4, 0.5) is 4.39 Å². The molecule has 0 bridgehead atoms. The minimum absolute atomic E-state index is 0.306. The second-order valence-corrected chi connectivity index (χ2v) is 2.83. The summed E-state index contributed by atoms with van der Waals surface area (Å²) < 4.78 is 23.2. The van der Waals surface area contributed by atoms with Crippen molar-refractivity contribution < 1.29 is 13.7 Å². The molecule has 1 aromatic rings. The maximum absolute atomic E-state index is 13.2. The number of hydrogen-bond donors (Lipinski definition) is 0. The van der Waals surface area contributed by atoms with Crippen LogP contribution in [0.15, 0.2) is 18.2 Å². The zero-order valence-electron chi connectivity index (χ0n) is 8.00. The molecule has 0 unspecified atom stereocenters. The minimum Gasteiger partial charge on any atom is -0.410 e. The van der Waals surface area contributed by atoms with Gasteiger partial charge in [0.25, 0.3) is 0 Å². The van der Waals surface area contributed by atoms with Crippen molar-refractivity contribution in [3.05, 3.63) is 29.6 Å². The van der Waals surface area contributed by atoms with Crippen LogP contribution >= 0.6 is 0 Å². The Morgan fingerprint density at radius 1 is 1.23 bits per heavy atom. The van der Waals surface area contributed by atoms with E-state index in [4.69, 9.17) is 9.31 Å². The molecular weight excluding hydrogens is 170 g/mol. The molecule has 0 atom stereocenters. The smallest absolute Gasteiger partial charge is 0.410 e. The second-order valence-electron chi connectivity index (χ2n) is 2.83. The standard InChI is InChI=1S/C9H12BFO2/c1-7-4-5-9(11)8(6-7)10(12-2)13-3/h4-6H,1-3H3. The van der Waals surface area contributed by atoms with Crippen LogP contribution in [0.2, 0.25) is 0 Å². The van der Waals surface area contributed by atoms with Gasteiger partial charge in [0.15, 0.2) is 0 Å². The van der Waals surface area contributed by atoms with Crippen molar-refractivity contribution in [3.63, 3.8) is 0 Å². The molecule has 0 spiro atoms. The third-order valence-electron chi connectivity index (χ3n) is 1.83. The first-order valence-corrected chi connectivity index (χ1v) is 4.00. The molecule has 70 valence electrons. The van der Waals surface area contributed by atoms with Crippen LogP contribution in [0.25, 0.3) is 0 Å². The van der Waals surface area contributed by atoms with E-state index in [2.05, 4.69) is 0 Å². The van der Waals surface area contributed by atoms with Crippen molar-refractivity contribution in [2.75, 3.05) is 14.2 Å². The molecule has 0 saturated carbocycles. The summed E-state index contributed by atoms with van der Waals surface area (Å²) >= 11 is 0. The highest BCUT2D eigenvalue weighted by molar-refractivity contribution is 6.61. The Morgan fingerprint density at radius 3 is 2.38 bits per heavy atom. The van der Waals surface area contributed by atoms with Gasteiger partial charge in [-0.3, -0.25) is 0 Å². The van der Waals surface area contributed by atoms with E-state index in [0.29, 0.717) is 5.46 Å². The lowest BCUT2D eigenvalue weighted by atomic mass is 9.78. The average Bonchev–Trinajstić information content (AvgIpc) is 2.13. The van der Waals surface area contributed by atoms with Gasteiger partial charge >= 0.3 is 7.12 Å². The molecule has 0 N–H and O–H groups in total. The van der Waals surface area contributed by atoms with Crippen LogP contribution in [0, 0.1) is 12.7 Å². The van der Waals surface area contributed by atoms with Crippen molar-refractivity contribution in [2.24, 2.45) is 0 Å². The van der Waals surface area contributed by atoms with Gasteiger partial charge in [0.1, 0.15) is 5.82 Å². The van der Waals surface area contributed by atoms with Crippen LogP contribution < -0.4 is 5.46 Å². The molecule has 0 aliphatic rings. The first kappa shape index (κ1) is 10.2. The fourth-order valence-corrected chi connectivity index (χ4v) is 1.19. The SMILES string of the molecule is COB(OC)c1cc(C)ccc1F. The van der Waals surface area contributed by atoms with Gasteiger partial charge in [-0.05, 0) is 13.0 Å². The van der Waals surface area contributed by atoms with Gasteiger partial charge in [0.05, 0.1) is 0 Å². The summed E-state index contributed by atoms with van der Waals surface area (Å²) in [5.74, 6) is -0.306. The minimum atomic E-state index is -0.625. The summed E-state index contributed by atoms with van der Waals surface area (Å²) in [6.07, 6.45) is 0. The maximum atomic E-state index is 13.2. The first-order valence-electron chi connectivity index (χ1n) is 4.00. The van der Waals surface area contributed by atoms with E-state index < -0.39 is 7.12 Å². The Kier molecular flexibility index (Phi) is 3.45. The van der Waals surface area contributed by atoms with Gasteiger partial charge in [0.2, 0.25) is 0 Å². The number of halogens is 1. The Balaban J connectivity index is 3.03. The zero-order chi connectivity index (χ0) is 9.84. The second kappa shape index (κ2) is 4.39. The van der Waals surface area contributed by atoms with Crippen LogP contribution in [0.1, 0.15) is 5.56 Å². The Labute approximate surface area is 77.8 Å². The summed E-state index contributed by atoms with van der Waals surface area (Å²) in [7, 11) is 2.34. The van der Waals surface area contributed by atoms with Crippen molar-refractivity contribution in [2.45, 2.75) is 6.92 Å². The summed E-state index contributed by atoms with van der Waals surface area (Å²) in [5.41, 5.74) is 1.42. The molecule has 0 radical (unpaired) electrons. The van der Waals surface area contributed by atoms with Crippen LogP contribution in [-0.2, 0) is 9.31 Å². The highest BCUT2D eigenvalue weighted by Gasteiger charge is 2.21. The third-order valence-corrected chi connectivity index (χ3v) is 1.83. The summed E-state index contributed by atoms with van der Waals surface area (Å²) in [5, 5.41) is 0. The van der Waals surface area contributed by atoms with Crippen LogP contribution in [-0.4, -0.2) is 21.3 Å². The van der Waals surface area contributed by atoms with E-state index in [-0.39, 0.29) is 5.82 Å². The molecule has 4 heteroatoms. The van der Waals surface area contributed by atoms with E-state index in [9.17, 15) is 4.39 Å². The Bertz CT molecular complexity index is 287. The highest BCUT2D eigenvalue weighted by atomic mass is 19.1. The molecular formula is C9H12BFO2. The average molecular weight is 182 g/mol. The Morgan fingerprint density at radius 2 is 1.85 bits per heavy atom. The lowest BCUT2D eigenvalue weighted by Crippen LogP contribution is -2.37. The molecule has 0 amide bonds. The fraction of sp³-hybridized carbons (Fsp3) is 0.333. The summed E-state index contributed by atoms with van der Waals surface area (Å²) in [6, 6.07) is 4.84. The van der Waals surface area contributed by atoms with Crippen molar-refractivity contribution in [3.8, 4) is 0 Å². The van der Waals surface area contributed by atoms with E-state index in [0.717, 1.165) is 5.56 Å². The van der Waals surface area contributed by atoms with Gasteiger partial charge in [-0.2, -0.15) is 0 Å². The Hall–Kier alpha value is -0.865. The van der Waals surface area contributed by atoms with Crippen molar-refractivity contribution >= 4 is 12.6 Å². The molecule has 1 rings (SSSR count). The van der Waals surface area contributed by atoms with Crippen molar-refractivity contribution in [1.29, 1.82) is 0 Å². The van der Waals surface area contributed by atoms with Gasteiger partial charge in [-0.25, -0.2) is 4.39 Å². The van der Waals surface area contributed by atoms with Crippen LogP contribution in [0.3, 0.4) is 0 Å². The molecule has 1 aromatic carbocycles. The number of aryl methyl sites for hydroxylation is 1. The predicted octanol–water partition coefficient (Wildman–Crippen LogP) is 1.12. The molecule has 0 aromatic heterocycles. The molecule has 13 heavy (non-hydrogen) atoms. The number of benzene rings is 1. The highest BCUT2D eigenvalue weighted by Crippen LogP contribution is 2.01. The predicted molar refractivity (Wildman–Crippen MR) is 50.5 cm³/mol. The normalized spacial score (nSPS) is 10.2. The zero-order valence-corrected chi connectivity index (χ0v) is 8.00. The number of hydrogen-bond acceptors (Lipinski definition) is 2. The lowest BCUT2D eigenvalue weighted by molar-refractivity contribution is 0.290. The topological polar surface area (TPSA) is 18.5 Å². The van der Waals surface area contributed by atoms with Gasteiger partial charge in [-0.1, -0.05) is 17.7 Å². The summed E-state index contributed by atoms with van der Waals surface area (Å²) in [4.78, 5) is 0. The number of rotatable bonds is 3. The fourth-order valence-electron chi connectivity index (χ4n) is 1.19. The summed E-state index contributed by atoms with van der Waals surface area (Å²) in [6.45, 7) is 1.89. The van der Waals surface area contributed by atoms with E-state index in [1.807, 2.05) is 6.92 Å². The quantitative estimate of drug-likeness (QED) is 0.652. The third kappa shape index (κ3) is 2.29. The van der Waals surface area contributed by atoms with Gasteiger partial charge in [0, 0.05) is 19.7 Å². The maximum Gasteiger partial charge on any atom is 0.496 e. The van der Waals surface area contributed by atoms with Gasteiger partial charge in [-0.15, -0.1) is 0 Å². The van der Waals surface area contributed by atoms with E-state index in [1.54, 1.807) is 12.1 Å². The molecule has 0 fully saturated rings. The lowest BCUT2D eigenvalue weighted by Gasteiger charge is -2.09. The van der Waals surface area contributed by atoms with Crippen molar-refractivity contribution in [1.82, 2.24) is 0 Å². The molecule has 0 heterocycles. The largest absolute Gasteiger partial charge is 0.496 e. The molecule has 2 nitrogen and oxygen atoms in total.